The molecule has 0 aliphatic heterocycles. The smallest absolute Gasteiger partial charge is 0.354 e. The summed E-state index contributed by atoms with van der Waals surface area (Å²) in [6.45, 7) is 7.81. The minimum Gasteiger partial charge on any atom is -0.458 e. The van der Waals surface area contributed by atoms with Crippen molar-refractivity contribution < 1.29 is 14.3 Å². The number of ether oxygens (including phenoxy) is 1. The van der Waals surface area contributed by atoms with Crippen molar-refractivity contribution in [3.05, 3.63) is 11.8 Å². The third kappa shape index (κ3) is 7.19. The van der Waals surface area contributed by atoms with Gasteiger partial charge in [-0.3, -0.25) is 4.79 Å². The van der Waals surface area contributed by atoms with Crippen molar-refractivity contribution >= 4 is 11.9 Å². The SMILES string of the molecule is CCCC(CCC)C(=O)NC(=CC1CCCC1)C(=O)OC(C)C. The highest BCUT2D eigenvalue weighted by Crippen LogP contribution is 2.27. The summed E-state index contributed by atoms with van der Waals surface area (Å²) in [6, 6.07) is 0. The number of hydrogen-bond donors (Lipinski definition) is 1. The number of esters is 1. The average molecular weight is 323 g/mol. The molecule has 0 radical (unpaired) electrons. The predicted molar refractivity (Wildman–Crippen MR) is 92.7 cm³/mol. The molecule has 1 aliphatic rings. The lowest BCUT2D eigenvalue weighted by atomic mass is 9.97. The van der Waals surface area contributed by atoms with Crippen molar-refractivity contribution in [2.45, 2.75) is 85.2 Å². The Hall–Kier alpha value is -1.32. The molecule has 1 rings (SSSR count). The van der Waals surface area contributed by atoms with Crippen molar-refractivity contribution in [1.82, 2.24) is 5.32 Å². The molecule has 0 unspecified atom stereocenters. The monoisotopic (exact) mass is 323 g/mol. The number of nitrogens with one attached hydrogen (secondary N) is 1. The van der Waals surface area contributed by atoms with Crippen LogP contribution in [0, 0.1) is 11.8 Å². The molecule has 0 aromatic heterocycles. The molecule has 4 nitrogen and oxygen atoms in total. The van der Waals surface area contributed by atoms with Crippen molar-refractivity contribution in [3.63, 3.8) is 0 Å². The second kappa shape index (κ2) is 10.5. The fraction of sp³-hybridized carbons (Fsp3) is 0.789. The Bertz CT molecular complexity index is 403. The van der Waals surface area contributed by atoms with Crippen LogP contribution in [0.5, 0.6) is 0 Å². The molecular formula is C19H33NO3. The second-order valence-electron chi connectivity index (χ2n) is 6.84. The van der Waals surface area contributed by atoms with Gasteiger partial charge in [0.1, 0.15) is 5.70 Å². The number of amides is 1. The summed E-state index contributed by atoms with van der Waals surface area (Å²) < 4.78 is 5.30. The summed E-state index contributed by atoms with van der Waals surface area (Å²) in [5.41, 5.74) is 0.341. The van der Waals surface area contributed by atoms with Gasteiger partial charge in [0, 0.05) is 5.92 Å². The maximum Gasteiger partial charge on any atom is 0.354 e. The Morgan fingerprint density at radius 3 is 2.17 bits per heavy atom. The first kappa shape index (κ1) is 19.7. The van der Waals surface area contributed by atoms with Crippen LogP contribution < -0.4 is 5.32 Å². The maximum absolute atomic E-state index is 12.5. The molecule has 0 spiro atoms. The molecule has 0 heterocycles. The third-order valence-corrected chi connectivity index (χ3v) is 4.27. The minimum absolute atomic E-state index is 0.0242. The van der Waals surface area contributed by atoms with E-state index in [1.165, 1.54) is 12.8 Å². The fourth-order valence-electron chi connectivity index (χ4n) is 3.14. The Morgan fingerprint density at radius 2 is 1.70 bits per heavy atom. The second-order valence-corrected chi connectivity index (χ2v) is 6.84. The molecule has 1 amide bonds. The van der Waals surface area contributed by atoms with E-state index in [4.69, 9.17) is 4.74 Å². The zero-order valence-corrected chi connectivity index (χ0v) is 15.2. The van der Waals surface area contributed by atoms with Gasteiger partial charge < -0.3 is 10.1 Å². The Kier molecular flexibility index (Phi) is 8.97. The van der Waals surface area contributed by atoms with Crippen LogP contribution in [0.2, 0.25) is 0 Å². The van der Waals surface area contributed by atoms with Gasteiger partial charge in [0.2, 0.25) is 5.91 Å². The molecule has 0 aromatic rings. The van der Waals surface area contributed by atoms with Gasteiger partial charge in [-0.1, -0.05) is 45.6 Å². The molecule has 132 valence electrons. The van der Waals surface area contributed by atoms with Gasteiger partial charge in [-0.15, -0.1) is 0 Å². The van der Waals surface area contributed by atoms with Gasteiger partial charge in [0.05, 0.1) is 6.10 Å². The summed E-state index contributed by atoms with van der Waals surface area (Å²) in [7, 11) is 0. The number of carbonyl (C=O) groups is 2. The average Bonchev–Trinajstić information content (AvgIpc) is 2.98. The lowest BCUT2D eigenvalue weighted by Crippen LogP contribution is -2.34. The van der Waals surface area contributed by atoms with Crippen LogP contribution in [0.15, 0.2) is 11.8 Å². The van der Waals surface area contributed by atoms with Crippen LogP contribution in [-0.4, -0.2) is 18.0 Å². The Labute approximate surface area is 141 Å². The molecule has 1 aliphatic carbocycles. The molecule has 23 heavy (non-hydrogen) atoms. The molecule has 0 aromatic carbocycles. The highest BCUT2D eigenvalue weighted by Gasteiger charge is 2.23. The van der Waals surface area contributed by atoms with Crippen LogP contribution in [0.3, 0.4) is 0 Å². The van der Waals surface area contributed by atoms with E-state index >= 15 is 0 Å². The van der Waals surface area contributed by atoms with Gasteiger partial charge >= 0.3 is 5.97 Å². The number of allylic oxidation sites excluding steroid dienone is 1. The topological polar surface area (TPSA) is 55.4 Å². The van der Waals surface area contributed by atoms with Crippen molar-refractivity contribution in [2.75, 3.05) is 0 Å². The molecule has 0 atom stereocenters. The first-order chi connectivity index (χ1) is 11.0. The largest absolute Gasteiger partial charge is 0.458 e. The van der Waals surface area contributed by atoms with Crippen molar-refractivity contribution in [1.29, 1.82) is 0 Å². The van der Waals surface area contributed by atoms with E-state index in [1.54, 1.807) is 0 Å². The highest BCUT2D eigenvalue weighted by molar-refractivity contribution is 5.94. The standard InChI is InChI=1S/C19H33NO3/c1-5-9-16(10-6-2)18(21)20-17(19(22)23-14(3)4)13-15-11-7-8-12-15/h13-16H,5-12H2,1-4H3,(H,20,21). The Morgan fingerprint density at radius 1 is 1.13 bits per heavy atom. The van der Waals surface area contributed by atoms with Gasteiger partial charge in [0.15, 0.2) is 0 Å². The maximum atomic E-state index is 12.5. The quantitative estimate of drug-likeness (QED) is 0.507. The lowest BCUT2D eigenvalue weighted by molar-refractivity contribution is -0.144. The first-order valence-electron chi connectivity index (χ1n) is 9.21. The fourth-order valence-corrected chi connectivity index (χ4v) is 3.14. The molecule has 1 fully saturated rings. The van der Waals surface area contributed by atoms with Crippen molar-refractivity contribution in [2.24, 2.45) is 11.8 Å². The summed E-state index contributed by atoms with van der Waals surface area (Å²) in [6.07, 6.45) is 9.94. The molecule has 1 N–H and O–H groups in total. The predicted octanol–water partition coefficient (Wildman–Crippen LogP) is 4.34. The van der Waals surface area contributed by atoms with Gasteiger partial charge in [-0.05, 0) is 45.4 Å². The van der Waals surface area contributed by atoms with Crippen molar-refractivity contribution in [3.8, 4) is 0 Å². The van der Waals surface area contributed by atoms with Crippen LogP contribution in [-0.2, 0) is 14.3 Å². The Balaban J connectivity index is 2.81. The molecule has 0 bridgehead atoms. The van der Waals surface area contributed by atoms with E-state index in [0.29, 0.717) is 11.6 Å². The van der Waals surface area contributed by atoms with Gasteiger partial charge in [0.25, 0.3) is 0 Å². The van der Waals surface area contributed by atoms with Crippen LogP contribution in [0.25, 0.3) is 0 Å². The molecule has 4 heteroatoms. The summed E-state index contributed by atoms with van der Waals surface area (Å²) in [4.78, 5) is 24.8. The van der Waals surface area contributed by atoms with Crippen LogP contribution >= 0.6 is 0 Å². The number of hydrogen-bond acceptors (Lipinski definition) is 3. The summed E-state index contributed by atoms with van der Waals surface area (Å²) >= 11 is 0. The van der Waals surface area contributed by atoms with E-state index in [1.807, 2.05) is 19.9 Å². The van der Waals surface area contributed by atoms with Crippen LogP contribution in [0.4, 0.5) is 0 Å². The van der Waals surface area contributed by atoms with E-state index in [-0.39, 0.29) is 17.9 Å². The number of carbonyl (C=O) groups excluding carboxylic acids is 2. The van der Waals surface area contributed by atoms with Gasteiger partial charge in [-0.2, -0.15) is 0 Å². The lowest BCUT2D eigenvalue weighted by Gasteiger charge is -2.18. The minimum atomic E-state index is -0.410. The normalized spacial score (nSPS) is 16.2. The van der Waals surface area contributed by atoms with E-state index in [2.05, 4.69) is 19.2 Å². The molecule has 0 saturated heterocycles. The summed E-state index contributed by atoms with van der Waals surface area (Å²) in [5, 5.41) is 2.87. The van der Waals surface area contributed by atoms with Crippen LogP contribution in [0.1, 0.15) is 79.1 Å². The first-order valence-corrected chi connectivity index (χ1v) is 9.21. The highest BCUT2D eigenvalue weighted by atomic mass is 16.5. The molecule has 1 saturated carbocycles. The zero-order valence-electron chi connectivity index (χ0n) is 15.2. The third-order valence-electron chi connectivity index (χ3n) is 4.27. The molecular weight excluding hydrogens is 290 g/mol. The van der Waals surface area contributed by atoms with Gasteiger partial charge in [-0.25, -0.2) is 4.79 Å². The zero-order chi connectivity index (χ0) is 17.2. The van der Waals surface area contributed by atoms with E-state index < -0.39 is 5.97 Å². The summed E-state index contributed by atoms with van der Waals surface area (Å²) in [5.74, 6) is -0.102. The number of rotatable bonds is 9. The van der Waals surface area contributed by atoms with E-state index in [0.717, 1.165) is 38.5 Å². The van der Waals surface area contributed by atoms with E-state index in [9.17, 15) is 9.59 Å².